The van der Waals surface area contributed by atoms with Crippen LogP contribution in [-0.2, 0) is 0 Å². The van der Waals surface area contributed by atoms with E-state index in [4.69, 9.17) is 4.74 Å². The molecule has 1 aliphatic rings. The fraction of sp³-hybridized carbons (Fsp3) is 0.364. The first kappa shape index (κ1) is 19.1. The lowest BCUT2D eigenvalue weighted by atomic mass is 9.98. The van der Waals surface area contributed by atoms with E-state index in [-0.39, 0.29) is 23.5 Å². The van der Waals surface area contributed by atoms with E-state index in [0.29, 0.717) is 6.54 Å². The second-order valence-corrected chi connectivity index (χ2v) is 7.23. The van der Waals surface area contributed by atoms with Crippen molar-refractivity contribution in [2.24, 2.45) is 0 Å². The summed E-state index contributed by atoms with van der Waals surface area (Å²) in [5, 5.41) is 14.1. The second-order valence-electron chi connectivity index (χ2n) is 7.23. The van der Waals surface area contributed by atoms with Gasteiger partial charge in [-0.3, -0.25) is 10.1 Å². The van der Waals surface area contributed by atoms with Gasteiger partial charge in [-0.05, 0) is 44.1 Å². The lowest BCUT2D eigenvalue weighted by Gasteiger charge is -2.25. The molecule has 150 valence electrons. The van der Waals surface area contributed by atoms with Crippen LogP contribution in [0.2, 0.25) is 0 Å². The number of benzene rings is 2. The van der Waals surface area contributed by atoms with E-state index in [1.807, 2.05) is 54.3 Å². The molecule has 0 radical (unpaired) electrons. The van der Waals surface area contributed by atoms with Gasteiger partial charge in [-0.15, -0.1) is 0 Å². The number of rotatable bonds is 6. The fourth-order valence-electron chi connectivity index (χ4n) is 4.02. The Labute approximate surface area is 169 Å². The van der Waals surface area contributed by atoms with Crippen LogP contribution in [0.5, 0.6) is 5.88 Å². The summed E-state index contributed by atoms with van der Waals surface area (Å²) in [7, 11) is 0. The predicted octanol–water partition coefficient (Wildman–Crippen LogP) is 5.41. The second kappa shape index (κ2) is 8.43. The molecule has 0 unspecified atom stereocenters. The maximum Gasteiger partial charge on any atom is 0.373 e. The van der Waals surface area contributed by atoms with Crippen molar-refractivity contribution in [1.29, 1.82) is 0 Å². The molecule has 0 N–H and O–H groups in total. The van der Waals surface area contributed by atoms with E-state index in [1.54, 1.807) is 0 Å². The van der Waals surface area contributed by atoms with Crippen LogP contribution < -0.4 is 9.64 Å². The summed E-state index contributed by atoms with van der Waals surface area (Å²) >= 11 is 0. The number of nitro groups is 1. The van der Waals surface area contributed by atoms with Crippen molar-refractivity contribution >= 4 is 28.0 Å². The standard InChI is InChI=1S/C22H24N4O3/c1-2-25(19-14-8-10-16-9-6-7-13-18(16)19)21-20(26(27)28)22(24-15-23-21)29-17-11-4-3-5-12-17/h6-10,13-15,17H,2-5,11-12H2,1H3. The Morgan fingerprint density at radius 2 is 1.86 bits per heavy atom. The molecule has 1 aromatic heterocycles. The highest BCUT2D eigenvalue weighted by Crippen LogP contribution is 2.40. The van der Waals surface area contributed by atoms with Gasteiger partial charge in [0, 0.05) is 11.9 Å². The number of hydrogen-bond donors (Lipinski definition) is 0. The summed E-state index contributed by atoms with van der Waals surface area (Å²) in [6.45, 7) is 2.48. The highest BCUT2D eigenvalue weighted by molar-refractivity contribution is 5.96. The number of hydrogen-bond acceptors (Lipinski definition) is 6. The van der Waals surface area contributed by atoms with Gasteiger partial charge in [-0.25, -0.2) is 4.98 Å². The molecule has 29 heavy (non-hydrogen) atoms. The van der Waals surface area contributed by atoms with Gasteiger partial charge in [-0.1, -0.05) is 42.8 Å². The van der Waals surface area contributed by atoms with E-state index in [9.17, 15) is 10.1 Å². The van der Waals surface area contributed by atoms with Gasteiger partial charge in [-0.2, -0.15) is 4.98 Å². The van der Waals surface area contributed by atoms with Gasteiger partial charge in [0.2, 0.25) is 5.82 Å². The molecule has 1 fully saturated rings. The molecular formula is C22H24N4O3. The van der Waals surface area contributed by atoms with Crippen molar-refractivity contribution in [3.63, 3.8) is 0 Å². The lowest BCUT2D eigenvalue weighted by Crippen LogP contribution is -2.23. The zero-order chi connectivity index (χ0) is 20.2. The molecule has 0 atom stereocenters. The molecule has 3 aromatic rings. The van der Waals surface area contributed by atoms with Crippen LogP contribution >= 0.6 is 0 Å². The molecule has 0 bridgehead atoms. The SMILES string of the molecule is CCN(c1ncnc(OC2CCCCC2)c1[N+](=O)[O-])c1cccc2ccccc12. The smallest absolute Gasteiger partial charge is 0.373 e. The Morgan fingerprint density at radius 3 is 2.62 bits per heavy atom. The van der Waals surface area contributed by atoms with Crippen molar-refractivity contribution in [3.8, 4) is 5.88 Å². The van der Waals surface area contributed by atoms with Crippen molar-refractivity contribution < 1.29 is 9.66 Å². The molecule has 0 spiro atoms. The zero-order valence-electron chi connectivity index (χ0n) is 16.5. The molecular weight excluding hydrogens is 368 g/mol. The Balaban J connectivity index is 1.79. The Bertz CT molecular complexity index is 1010. The number of fused-ring (bicyclic) bond motifs is 1. The molecule has 7 nitrogen and oxygen atoms in total. The number of ether oxygens (including phenoxy) is 1. The van der Waals surface area contributed by atoms with E-state index in [1.165, 1.54) is 12.7 Å². The molecule has 7 heteroatoms. The lowest BCUT2D eigenvalue weighted by molar-refractivity contribution is -0.385. The number of anilines is 2. The molecule has 0 aliphatic heterocycles. The number of aromatic nitrogens is 2. The highest BCUT2D eigenvalue weighted by Gasteiger charge is 2.31. The minimum Gasteiger partial charge on any atom is -0.469 e. The highest BCUT2D eigenvalue weighted by atomic mass is 16.6. The van der Waals surface area contributed by atoms with Crippen LogP contribution in [-0.4, -0.2) is 27.5 Å². The average Bonchev–Trinajstić information content (AvgIpc) is 2.75. The van der Waals surface area contributed by atoms with Crippen LogP contribution in [0, 0.1) is 10.1 Å². The molecule has 4 rings (SSSR count). The maximum atomic E-state index is 12.0. The van der Waals surface area contributed by atoms with Crippen LogP contribution in [0.25, 0.3) is 10.8 Å². The van der Waals surface area contributed by atoms with Crippen molar-refractivity contribution in [2.45, 2.75) is 45.1 Å². The van der Waals surface area contributed by atoms with Crippen LogP contribution in [0.4, 0.5) is 17.2 Å². The monoisotopic (exact) mass is 392 g/mol. The topological polar surface area (TPSA) is 81.4 Å². The first-order chi connectivity index (χ1) is 14.2. The molecule has 2 aromatic carbocycles. The van der Waals surface area contributed by atoms with Gasteiger partial charge in [0.05, 0.1) is 10.6 Å². The largest absolute Gasteiger partial charge is 0.469 e. The van der Waals surface area contributed by atoms with Crippen LogP contribution in [0.15, 0.2) is 48.8 Å². The quantitative estimate of drug-likeness (QED) is 0.412. The summed E-state index contributed by atoms with van der Waals surface area (Å²) in [6, 6.07) is 13.9. The van der Waals surface area contributed by atoms with E-state index >= 15 is 0 Å². The van der Waals surface area contributed by atoms with Crippen molar-refractivity contribution in [2.75, 3.05) is 11.4 Å². The van der Waals surface area contributed by atoms with Crippen molar-refractivity contribution in [1.82, 2.24) is 9.97 Å². The fourth-order valence-corrected chi connectivity index (χ4v) is 4.02. The predicted molar refractivity (Wildman–Crippen MR) is 113 cm³/mol. The first-order valence-corrected chi connectivity index (χ1v) is 10.1. The van der Waals surface area contributed by atoms with Gasteiger partial charge in [0.25, 0.3) is 5.88 Å². The summed E-state index contributed by atoms with van der Waals surface area (Å²) < 4.78 is 5.99. The maximum absolute atomic E-state index is 12.0. The summed E-state index contributed by atoms with van der Waals surface area (Å²) in [6.07, 6.45) is 6.46. The minimum absolute atomic E-state index is 0.0298. The molecule has 0 saturated heterocycles. The van der Waals surface area contributed by atoms with E-state index < -0.39 is 4.92 Å². The third-order valence-corrected chi connectivity index (χ3v) is 5.41. The minimum atomic E-state index is -0.429. The van der Waals surface area contributed by atoms with Gasteiger partial charge in [0.1, 0.15) is 12.4 Å². The Morgan fingerprint density at radius 1 is 1.10 bits per heavy atom. The summed E-state index contributed by atoms with van der Waals surface area (Å²) in [5.41, 5.74) is 0.698. The molecule has 1 heterocycles. The van der Waals surface area contributed by atoms with Gasteiger partial charge >= 0.3 is 5.69 Å². The molecule has 0 amide bonds. The third kappa shape index (κ3) is 3.85. The van der Waals surface area contributed by atoms with Crippen LogP contribution in [0.1, 0.15) is 39.0 Å². The first-order valence-electron chi connectivity index (χ1n) is 10.1. The summed E-state index contributed by atoms with van der Waals surface area (Å²) in [4.78, 5) is 21.9. The van der Waals surface area contributed by atoms with Crippen LogP contribution in [0.3, 0.4) is 0 Å². The Kier molecular flexibility index (Phi) is 5.55. The summed E-state index contributed by atoms with van der Waals surface area (Å²) in [5.74, 6) is 0.320. The van der Waals surface area contributed by atoms with Crippen molar-refractivity contribution in [3.05, 3.63) is 58.9 Å². The van der Waals surface area contributed by atoms with E-state index in [0.717, 1.165) is 42.1 Å². The normalized spacial score (nSPS) is 14.7. The third-order valence-electron chi connectivity index (χ3n) is 5.41. The molecule has 1 saturated carbocycles. The van der Waals surface area contributed by atoms with E-state index in [2.05, 4.69) is 9.97 Å². The van der Waals surface area contributed by atoms with Gasteiger partial charge in [0.15, 0.2) is 0 Å². The Hall–Kier alpha value is -3.22. The average molecular weight is 392 g/mol. The number of nitrogens with zero attached hydrogens (tertiary/aromatic N) is 4. The zero-order valence-corrected chi connectivity index (χ0v) is 16.5. The van der Waals surface area contributed by atoms with Gasteiger partial charge < -0.3 is 9.64 Å². The molecule has 1 aliphatic carbocycles.